The molecule has 3 atom stereocenters. The maximum atomic E-state index is 11.1. The van der Waals surface area contributed by atoms with Gasteiger partial charge < -0.3 is 9.84 Å². The number of ether oxygens (including phenoxy) is 1. The molecule has 0 radical (unpaired) electrons. The van der Waals surface area contributed by atoms with Crippen LogP contribution in [-0.2, 0) is 9.53 Å². The number of aliphatic hydroxyl groups is 1. The summed E-state index contributed by atoms with van der Waals surface area (Å²) in [5.41, 5.74) is -0.606. The standard InChI is InChI=1S/C10H14O3/c1-7-5-8(11)10(6-7)4-2-3-9(12)13-10/h2-3,7-8,11H,4-6H2,1H3. The van der Waals surface area contributed by atoms with Crippen LogP contribution in [0.5, 0.6) is 0 Å². The summed E-state index contributed by atoms with van der Waals surface area (Å²) in [7, 11) is 0. The van der Waals surface area contributed by atoms with Crippen LogP contribution in [0.1, 0.15) is 26.2 Å². The fourth-order valence-corrected chi connectivity index (χ4v) is 2.36. The van der Waals surface area contributed by atoms with E-state index in [0.29, 0.717) is 12.3 Å². The third kappa shape index (κ3) is 1.37. The molecule has 3 unspecified atom stereocenters. The Morgan fingerprint density at radius 2 is 2.46 bits per heavy atom. The van der Waals surface area contributed by atoms with Gasteiger partial charge in [-0.25, -0.2) is 4.79 Å². The lowest BCUT2D eigenvalue weighted by Gasteiger charge is -2.33. The SMILES string of the molecule is CC1CC(O)C2(CC=CC(=O)O2)C1. The third-order valence-electron chi connectivity index (χ3n) is 2.95. The summed E-state index contributed by atoms with van der Waals surface area (Å²) in [5.74, 6) is 0.119. The van der Waals surface area contributed by atoms with Gasteiger partial charge in [0.1, 0.15) is 5.60 Å². The first-order valence-corrected chi connectivity index (χ1v) is 4.70. The molecule has 0 saturated heterocycles. The average molecular weight is 182 g/mol. The molecule has 2 rings (SSSR count). The zero-order valence-corrected chi connectivity index (χ0v) is 7.69. The second-order valence-corrected chi connectivity index (χ2v) is 4.15. The molecule has 2 aliphatic rings. The molecule has 0 aromatic carbocycles. The zero-order valence-electron chi connectivity index (χ0n) is 7.69. The monoisotopic (exact) mass is 182 g/mol. The first-order valence-electron chi connectivity index (χ1n) is 4.70. The van der Waals surface area contributed by atoms with Gasteiger partial charge in [-0.05, 0) is 18.8 Å². The summed E-state index contributed by atoms with van der Waals surface area (Å²) in [4.78, 5) is 11.1. The number of aliphatic hydroxyl groups excluding tert-OH is 1. The Bertz CT molecular complexity index is 259. The van der Waals surface area contributed by atoms with E-state index in [4.69, 9.17) is 4.74 Å². The summed E-state index contributed by atoms with van der Waals surface area (Å²) in [5, 5.41) is 9.78. The van der Waals surface area contributed by atoms with E-state index >= 15 is 0 Å². The predicted molar refractivity (Wildman–Crippen MR) is 47.0 cm³/mol. The summed E-state index contributed by atoms with van der Waals surface area (Å²) in [6, 6.07) is 0. The predicted octanol–water partition coefficient (Wildman–Crippen LogP) is 1.02. The second-order valence-electron chi connectivity index (χ2n) is 4.15. The highest BCUT2D eigenvalue weighted by Crippen LogP contribution is 2.41. The summed E-state index contributed by atoms with van der Waals surface area (Å²) in [6.07, 6.45) is 4.92. The minimum absolute atomic E-state index is 0.320. The van der Waals surface area contributed by atoms with Crippen molar-refractivity contribution in [2.75, 3.05) is 0 Å². The fourth-order valence-electron chi connectivity index (χ4n) is 2.36. The third-order valence-corrected chi connectivity index (χ3v) is 2.95. The highest BCUT2D eigenvalue weighted by Gasteiger charge is 2.48. The van der Waals surface area contributed by atoms with Crippen LogP contribution in [0.25, 0.3) is 0 Å². The Hall–Kier alpha value is -0.830. The molecule has 0 amide bonds. The first-order chi connectivity index (χ1) is 6.12. The molecule has 1 spiro atoms. The molecule has 1 fully saturated rings. The Labute approximate surface area is 77.4 Å². The summed E-state index contributed by atoms with van der Waals surface area (Å²) >= 11 is 0. The van der Waals surface area contributed by atoms with Crippen molar-refractivity contribution in [1.29, 1.82) is 0 Å². The molecule has 1 aliphatic carbocycles. The molecule has 72 valence electrons. The molecular weight excluding hydrogens is 168 g/mol. The van der Waals surface area contributed by atoms with Crippen molar-refractivity contribution in [3.05, 3.63) is 12.2 Å². The lowest BCUT2D eigenvalue weighted by Crippen LogP contribution is -2.43. The first kappa shape index (κ1) is 8.75. The lowest BCUT2D eigenvalue weighted by atomic mass is 9.92. The minimum Gasteiger partial charge on any atom is -0.453 e. The smallest absolute Gasteiger partial charge is 0.331 e. The molecule has 1 saturated carbocycles. The van der Waals surface area contributed by atoms with Crippen molar-refractivity contribution in [1.82, 2.24) is 0 Å². The number of hydrogen-bond acceptors (Lipinski definition) is 3. The van der Waals surface area contributed by atoms with Crippen LogP contribution in [0.2, 0.25) is 0 Å². The topological polar surface area (TPSA) is 46.5 Å². The van der Waals surface area contributed by atoms with Crippen molar-refractivity contribution in [2.45, 2.75) is 37.9 Å². The van der Waals surface area contributed by atoms with Crippen molar-refractivity contribution in [3.8, 4) is 0 Å². The molecule has 1 heterocycles. The Morgan fingerprint density at radius 1 is 1.69 bits per heavy atom. The van der Waals surface area contributed by atoms with E-state index < -0.39 is 11.7 Å². The van der Waals surface area contributed by atoms with Gasteiger partial charge in [-0.3, -0.25) is 0 Å². The number of carbonyl (C=O) groups excluding carboxylic acids is 1. The van der Waals surface area contributed by atoms with E-state index in [2.05, 4.69) is 6.92 Å². The van der Waals surface area contributed by atoms with Gasteiger partial charge in [0.05, 0.1) is 6.10 Å². The molecule has 1 aliphatic heterocycles. The van der Waals surface area contributed by atoms with Gasteiger partial charge in [0.15, 0.2) is 0 Å². The van der Waals surface area contributed by atoms with Crippen molar-refractivity contribution in [2.24, 2.45) is 5.92 Å². The van der Waals surface area contributed by atoms with Gasteiger partial charge in [-0.1, -0.05) is 13.0 Å². The summed E-state index contributed by atoms with van der Waals surface area (Å²) in [6.45, 7) is 2.07. The van der Waals surface area contributed by atoms with Crippen LogP contribution in [0.3, 0.4) is 0 Å². The molecular formula is C10H14O3. The van der Waals surface area contributed by atoms with E-state index in [1.165, 1.54) is 6.08 Å². The maximum Gasteiger partial charge on any atom is 0.331 e. The van der Waals surface area contributed by atoms with Crippen molar-refractivity contribution >= 4 is 5.97 Å². The van der Waals surface area contributed by atoms with Gasteiger partial charge in [-0.15, -0.1) is 0 Å². The van der Waals surface area contributed by atoms with Crippen LogP contribution in [0.15, 0.2) is 12.2 Å². The quantitative estimate of drug-likeness (QED) is 0.569. The van der Waals surface area contributed by atoms with Crippen LogP contribution in [-0.4, -0.2) is 22.8 Å². The molecule has 0 aromatic rings. The Kier molecular flexibility index (Phi) is 1.91. The largest absolute Gasteiger partial charge is 0.453 e. The summed E-state index contributed by atoms with van der Waals surface area (Å²) < 4.78 is 5.24. The van der Waals surface area contributed by atoms with Gasteiger partial charge in [-0.2, -0.15) is 0 Å². The normalized spacial score (nSPS) is 44.0. The van der Waals surface area contributed by atoms with Gasteiger partial charge in [0.25, 0.3) is 0 Å². The molecule has 3 nitrogen and oxygen atoms in total. The van der Waals surface area contributed by atoms with Crippen LogP contribution in [0, 0.1) is 5.92 Å². The molecule has 0 bridgehead atoms. The number of esters is 1. The van der Waals surface area contributed by atoms with Crippen LogP contribution >= 0.6 is 0 Å². The van der Waals surface area contributed by atoms with E-state index in [0.717, 1.165) is 12.8 Å². The highest BCUT2D eigenvalue weighted by atomic mass is 16.6. The number of rotatable bonds is 0. The Morgan fingerprint density at radius 3 is 3.00 bits per heavy atom. The zero-order chi connectivity index (χ0) is 9.47. The van der Waals surface area contributed by atoms with Crippen LogP contribution < -0.4 is 0 Å². The van der Waals surface area contributed by atoms with Gasteiger partial charge in [0, 0.05) is 12.5 Å². The van der Waals surface area contributed by atoms with E-state index in [-0.39, 0.29) is 5.97 Å². The fraction of sp³-hybridized carbons (Fsp3) is 0.700. The maximum absolute atomic E-state index is 11.1. The number of hydrogen-bond donors (Lipinski definition) is 1. The Balaban J connectivity index is 2.21. The lowest BCUT2D eigenvalue weighted by molar-refractivity contribution is -0.165. The minimum atomic E-state index is -0.606. The van der Waals surface area contributed by atoms with Crippen molar-refractivity contribution < 1.29 is 14.6 Å². The molecule has 3 heteroatoms. The second kappa shape index (κ2) is 2.84. The van der Waals surface area contributed by atoms with Gasteiger partial charge >= 0.3 is 5.97 Å². The average Bonchev–Trinajstić information content (AvgIpc) is 2.26. The van der Waals surface area contributed by atoms with E-state index in [9.17, 15) is 9.90 Å². The van der Waals surface area contributed by atoms with E-state index in [1.807, 2.05) is 0 Å². The van der Waals surface area contributed by atoms with Crippen molar-refractivity contribution in [3.63, 3.8) is 0 Å². The van der Waals surface area contributed by atoms with Gasteiger partial charge in [0.2, 0.25) is 0 Å². The highest BCUT2D eigenvalue weighted by molar-refractivity contribution is 5.83. The molecule has 1 N–H and O–H groups in total. The van der Waals surface area contributed by atoms with E-state index in [1.54, 1.807) is 6.08 Å². The molecule has 13 heavy (non-hydrogen) atoms. The van der Waals surface area contributed by atoms with Crippen LogP contribution in [0.4, 0.5) is 0 Å². The number of carbonyl (C=O) groups is 1. The molecule has 0 aromatic heterocycles.